The second-order valence-electron chi connectivity index (χ2n) is 7.49. The molecule has 0 saturated carbocycles. The van der Waals surface area contributed by atoms with Crippen LogP contribution >= 0.6 is 0 Å². The van der Waals surface area contributed by atoms with Crippen molar-refractivity contribution in [3.63, 3.8) is 0 Å². The van der Waals surface area contributed by atoms with E-state index in [1.54, 1.807) is 0 Å². The third-order valence-electron chi connectivity index (χ3n) is 5.58. The second kappa shape index (κ2) is 7.71. The van der Waals surface area contributed by atoms with E-state index in [9.17, 15) is 9.90 Å². The number of likely N-dealkylation sites (tertiary alicyclic amines) is 1. The third kappa shape index (κ3) is 4.15. The maximum absolute atomic E-state index is 11.4. The van der Waals surface area contributed by atoms with Gasteiger partial charge in [0.25, 0.3) is 0 Å². The number of ether oxygens (including phenoxy) is 1. The van der Waals surface area contributed by atoms with Gasteiger partial charge in [0.05, 0.1) is 18.6 Å². The zero-order valence-corrected chi connectivity index (χ0v) is 15.5. The average molecular weight is 366 g/mol. The molecule has 0 bridgehead atoms. The highest BCUT2D eigenvalue weighted by Crippen LogP contribution is 2.32. The number of amides is 1. The molecule has 5 heteroatoms. The molecule has 1 amide bonds. The Hall–Kier alpha value is -2.37. The molecule has 2 heterocycles. The molecule has 2 aliphatic heterocycles. The quantitative estimate of drug-likeness (QED) is 0.772. The third-order valence-corrected chi connectivity index (χ3v) is 5.58. The van der Waals surface area contributed by atoms with Crippen molar-refractivity contribution in [1.82, 2.24) is 4.90 Å². The van der Waals surface area contributed by atoms with Gasteiger partial charge in [-0.2, -0.15) is 0 Å². The predicted molar refractivity (Wildman–Crippen MR) is 105 cm³/mol. The molecule has 0 spiro atoms. The molecule has 0 atom stereocenters. The molecule has 5 nitrogen and oxygen atoms in total. The average Bonchev–Trinajstić information content (AvgIpc) is 3.07. The number of rotatable bonds is 6. The maximum Gasteiger partial charge on any atom is 0.228 e. The van der Waals surface area contributed by atoms with E-state index in [4.69, 9.17) is 4.74 Å². The molecule has 1 fully saturated rings. The second-order valence-corrected chi connectivity index (χ2v) is 7.49. The monoisotopic (exact) mass is 366 g/mol. The summed E-state index contributed by atoms with van der Waals surface area (Å²) >= 11 is 0. The Bertz CT molecular complexity index is 798. The summed E-state index contributed by atoms with van der Waals surface area (Å²) in [5.74, 6) is 0.866. The lowest BCUT2D eigenvalue weighted by molar-refractivity contribution is -0.115. The van der Waals surface area contributed by atoms with E-state index in [0.717, 1.165) is 61.5 Å². The van der Waals surface area contributed by atoms with Gasteiger partial charge in [-0.3, -0.25) is 4.79 Å². The fraction of sp³-hybridized carbons (Fsp3) is 0.409. The number of nitrogens with one attached hydrogen (secondary N) is 1. The Morgan fingerprint density at radius 2 is 1.89 bits per heavy atom. The Morgan fingerprint density at radius 1 is 1.11 bits per heavy atom. The van der Waals surface area contributed by atoms with Crippen molar-refractivity contribution >= 4 is 11.6 Å². The van der Waals surface area contributed by atoms with Crippen LogP contribution in [0, 0.1) is 0 Å². The minimum atomic E-state index is -0.690. The number of aliphatic hydroxyl groups is 1. The maximum atomic E-state index is 11.4. The van der Waals surface area contributed by atoms with Crippen LogP contribution in [0.5, 0.6) is 5.75 Å². The minimum absolute atomic E-state index is 0.0442. The fourth-order valence-electron chi connectivity index (χ4n) is 3.96. The first-order valence-electron chi connectivity index (χ1n) is 9.68. The highest BCUT2D eigenvalue weighted by Gasteiger charge is 2.33. The number of benzene rings is 2. The number of hydrogen-bond acceptors (Lipinski definition) is 4. The van der Waals surface area contributed by atoms with Crippen LogP contribution in [0.25, 0.3) is 0 Å². The first-order chi connectivity index (χ1) is 13.1. The number of carbonyl (C=O) groups is 1. The molecule has 1 saturated heterocycles. The molecule has 2 N–H and O–H groups in total. The van der Waals surface area contributed by atoms with E-state index in [0.29, 0.717) is 13.0 Å². The molecule has 27 heavy (non-hydrogen) atoms. The summed E-state index contributed by atoms with van der Waals surface area (Å²) in [5.41, 5.74) is 2.24. The lowest BCUT2D eigenvalue weighted by Gasteiger charge is -2.38. The van der Waals surface area contributed by atoms with Crippen molar-refractivity contribution in [1.29, 1.82) is 0 Å². The van der Waals surface area contributed by atoms with Gasteiger partial charge in [-0.25, -0.2) is 0 Å². The Labute approximate surface area is 160 Å². The van der Waals surface area contributed by atoms with Crippen molar-refractivity contribution in [2.75, 3.05) is 31.6 Å². The van der Waals surface area contributed by atoms with E-state index >= 15 is 0 Å². The number of anilines is 1. The summed E-state index contributed by atoms with van der Waals surface area (Å²) in [5, 5.41) is 13.7. The lowest BCUT2D eigenvalue weighted by atomic mass is 9.84. The zero-order valence-electron chi connectivity index (χ0n) is 15.5. The van der Waals surface area contributed by atoms with Crippen LogP contribution in [-0.2, 0) is 16.8 Å². The van der Waals surface area contributed by atoms with Crippen molar-refractivity contribution < 1.29 is 14.6 Å². The fourth-order valence-corrected chi connectivity index (χ4v) is 3.96. The molecule has 142 valence electrons. The molecular weight excluding hydrogens is 340 g/mol. The molecule has 0 aromatic heterocycles. The van der Waals surface area contributed by atoms with Gasteiger partial charge in [0.15, 0.2) is 0 Å². The van der Waals surface area contributed by atoms with Crippen molar-refractivity contribution in [3.8, 4) is 5.75 Å². The first kappa shape index (κ1) is 18.0. The summed E-state index contributed by atoms with van der Waals surface area (Å²) in [4.78, 5) is 13.8. The molecular formula is C22H26N2O3. The molecule has 2 aliphatic rings. The van der Waals surface area contributed by atoms with Crippen LogP contribution in [0.1, 0.15) is 30.4 Å². The standard InChI is InChI=1S/C22H26N2O3/c25-21-16-17-15-19(7-8-20(17)23-21)27-14-4-11-24-12-9-22(26,10-13-24)18-5-2-1-3-6-18/h1-3,5-8,15,26H,4,9-14,16H2,(H,23,25). The van der Waals surface area contributed by atoms with Gasteiger partial charge < -0.3 is 20.1 Å². The Kier molecular flexibility index (Phi) is 5.14. The van der Waals surface area contributed by atoms with Gasteiger partial charge in [0, 0.05) is 25.3 Å². The molecule has 4 rings (SSSR count). The largest absolute Gasteiger partial charge is 0.494 e. The van der Waals surface area contributed by atoms with Gasteiger partial charge in [0.2, 0.25) is 5.91 Å². The molecule has 2 aromatic carbocycles. The number of carbonyl (C=O) groups excluding carboxylic acids is 1. The minimum Gasteiger partial charge on any atom is -0.494 e. The topological polar surface area (TPSA) is 61.8 Å². The first-order valence-corrected chi connectivity index (χ1v) is 9.68. The number of hydrogen-bond donors (Lipinski definition) is 2. The lowest BCUT2D eigenvalue weighted by Crippen LogP contribution is -2.43. The highest BCUT2D eigenvalue weighted by molar-refractivity contribution is 5.99. The van der Waals surface area contributed by atoms with Crippen molar-refractivity contribution in [2.45, 2.75) is 31.3 Å². The van der Waals surface area contributed by atoms with Crippen molar-refractivity contribution in [2.24, 2.45) is 0 Å². The van der Waals surface area contributed by atoms with Crippen molar-refractivity contribution in [3.05, 3.63) is 59.7 Å². The van der Waals surface area contributed by atoms with E-state index in [1.807, 2.05) is 48.5 Å². The van der Waals surface area contributed by atoms with Crippen LogP contribution in [0.2, 0.25) is 0 Å². The van der Waals surface area contributed by atoms with Gasteiger partial charge in [-0.15, -0.1) is 0 Å². The van der Waals surface area contributed by atoms with E-state index in [1.165, 1.54) is 0 Å². The van der Waals surface area contributed by atoms with Gasteiger partial charge >= 0.3 is 0 Å². The SMILES string of the molecule is O=C1Cc2cc(OCCCN3CCC(O)(c4ccccc4)CC3)ccc2N1. The summed E-state index contributed by atoms with van der Waals surface area (Å²) in [7, 11) is 0. The molecule has 2 aromatic rings. The summed E-state index contributed by atoms with van der Waals surface area (Å²) in [6, 6.07) is 15.8. The van der Waals surface area contributed by atoms with Crippen LogP contribution in [0.3, 0.4) is 0 Å². The Balaban J connectivity index is 1.20. The highest BCUT2D eigenvalue weighted by atomic mass is 16.5. The number of fused-ring (bicyclic) bond motifs is 1. The summed E-state index contributed by atoms with van der Waals surface area (Å²) in [6.45, 7) is 3.42. The van der Waals surface area contributed by atoms with Gasteiger partial charge in [-0.1, -0.05) is 30.3 Å². The zero-order chi connectivity index (χ0) is 18.7. The Morgan fingerprint density at radius 3 is 2.67 bits per heavy atom. The van der Waals surface area contributed by atoms with Crippen LogP contribution in [0.4, 0.5) is 5.69 Å². The molecule has 0 aliphatic carbocycles. The smallest absolute Gasteiger partial charge is 0.228 e. The summed E-state index contributed by atoms with van der Waals surface area (Å²) < 4.78 is 5.85. The van der Waals surface area contributed by atoms with Gasteiger partial charge in [0.1, 0.15) is 5.75 Å². The van der Waals surface area contributed by atoms with Crippen LogP contribution in [0.15, 0.2) is 48.5 Å². The van der Waals surface area contributed by atoms with Gasteiger partial charge in [-0.05, 0) is 48.6 Å². The van der Waals surface area contributed by atoms with E-state index in [2.05, 4.69) is 10.2 Å². The number of piperidine rings is 1. The summed E-state index contributed by atoms with van der Waals surface area (Å²) in [6.07, 6.45) is 2.91. The predicted octanol–water partition coefficient (Wildman–Crippen LogP) is 2.93. The molecule has 0 radical (unpaired) electrons. The van der Waals surface area contributed by atoms with Crippen LogP contribution in [-0.4, -0.2) is 42.2 Å². The van der Waals surface area contributed by atoms with Crippen LogP contribution < -0.4 is 10.1 Å². The van der Waals surface area contributed by atoms with E-state index in [-0.39, 0.29) is 5.91 Å². The normalized spacial score (nSPS) is 18.8. The van der Waals surface area contributed by atoms with E-state index < -0.39 is 5.60 Å². The number of nitrogens with zero attached hydrogens (tertiary/aromatic N) is 1. The molecule has 0 unspecified atom stereocenters.